The highest BCUT2D eigenvalue weighted by Crippen LogP contribution is 2.32. The maximum atomic E-state index is 13.4. The molecule has 5 heteroatoms. The van der Waals surface area contributed by atoms with Gasteiger partial charge in [-0.25, -0.2) is 0 Å². The first-order chi connectivity index (χ1) is 12.6. The van der Waals surface area contributed by atoms with Gasteiger partial charge in [-0.15, -0.1) is 0 Å². The molecule has 5 nitrogen and oxygen atoms in total. The van der Waals surface area contributed by atoms with Crippen molar-refractivity contribution >= 4 is 11.8 Å². The van der Waals surface area contributed by atoms with E-state index < -0.39 is 0 Å². The molecule has 26 heavy (non-hydrogen) atoms. The summed E-state index contributed by atoms with van der Waals surface area (Å²) in [5, 5.41) is 0. The second-order valence-corrected chi connectivity index (χ2v) is 7.96. The Balaban J connectivity index is 1.76. The van der Waals surface area contributed by atoms with Crippen LogP contribution in [0.1, 0.15) is 64.0 Å². The molecule has 2 aliphatic rings. The summed E-state index contributed by atoms with van der Waals surface area (Å²) in [4.78, 5) is 33.9. The standard InChI is InChI=1S/C21H31N3O2/c1-16(2)20(25)23-13-6-7-18(15-23)21(26)24-14-5-3-4-8-19(24)17-9-11-22-12-10-17/h9-12,16,18-19H,3-8,13-15H2,1-2H3/t18-,19-/m1/s1. The lowest BCUT2D eigenvalue weighted by molar-refractivity contribution is -0.144. The highest BCUT2D eigenvalue weighted by Gasteiger charge is 2.35. The number of carbonyl (C=O) groups is 2. The fraction of sp³-hybridized carbons (Fsp3) is 0.667. The predicted octanol–water partition coefficient (Wildman–Crippen LogP) is 3.42. The van der Waals surface area contributed by atoms with E-state index >= 15 is 0 Å². The Morgan fingerprint density at radius 2 is 1.81 bits per heavy atom. The Kier molecular flexibility index (Phi) is 6.28. The summed E-state index contributed by atoms with van der Waals surface area (Å²) in [5.74, 6) is 0.333. The zero-order chi connectivity index (χ0) is 18.5. The summed E-state index contributed by atoms with van der Waals surface area (Å²) in [5.41, 5.74) is 1.18. The first-order valence-corrected chi connectivity index (χ1v) is 10.1. The van der Waals surface area contributed by atoms with Crippen molar-refractivity contribution in [1.82, 2.24) is 14.8 Å². The molecule has 2 atom stereocenters. The van der Waals surface area contributed by atoms with Crippen molar-refractivity contribution in [3.8, 4) is 0 Å². The van der Waals surface area contributed by atoms with Gasteiger partial charge in [0.1, 0.15) is 0 Å². The average molecular weight is 357 g/mol. The van der Waals surface area contributed by atoms with Crippen molar-refractivity contribution in [2.24, 2.45) is 11.8 Å². The maximum absolute atomic E-state index is 13.4. The van der Waals surface area contributed by atoms with Crippen molar-refractivity contribution < 1.29 is 9.59 Å². The number of pyridine rings is 1. The number of rotatable bonds is 3. The van der Waals surface area contributed by atoms with Gasteiger partial charge in [-0.05, 0) is 43.4 Å². The van der Waals surface area contributed by atoms with E-state index in [0.29, 0.717) is 6.54 Å². The number of carbonyl (C=O) groups excluding carboxylic acids is 2. The van der Waals surface area contributed by atoms with E-state index in [2.05, 4.69) is 9.88 Å². The van der Waals surface area contributed by atoms with Crippen LogP contribution in [0.4, 0.5) is 0 Å². The fourth-order valence-electron chi connectivity index (χ4n) is 4.28. The van der Waals surface area contributed by atoms with Crippen LogP contribution in [-0.2, 0) is 9.59 Å². The molecule has 2 fully saturated rings. The molecular formula is C21H31N3O2. The van der Waals surface area contributed by atoms with Gasteiger partial charge in [-0.3, -0.25) is 14.6 Å². The maximum Gasteiger partial charge on any atom is 0.227 e. The van der Waals surface area contributed by atoms with Crippen molar-refractivity contribution in [1.29, 1.82) is 0 Å². The number of hydrogen-bond acceptors (Lipinski definition) is 3. The normalized spacial score (nSPS) is 24.4. The van der Waals surface area contributed by atoms with Crippen molar-refractivity contribution in [2.75, 3.05) is 19.6 Å². The van der Waals surface area contributed by atoms with Gasteiger partial charge in [-0.2, -0.15) is 0 Å². The van der Waals surface area contributed by atoms with Crippen LogP contribution in [0.3, 0.4) is 0 Å². The monoisotopic (exact) mass is 357 g/mol. The van der Waals surface area contributed by atoms with Crippen LogP contribution in [0.15, 0.2) is 24.5 Å². The lowest BCUT2D eigenvalue weighted by Gasteiger charge is -2.38. The van der Waals surface area contributed by atoms with Gasteiger partial charge in [0, 0.05) is 37.9 Å². The summed E-state index contributed by atoms with van der Waals surface area (Å²) in [6, 6.07) is 4.21. The molecule has 3 rings (SSSR count). The molecule has 1 aromatic heterocycles. The molecule has 0 aliphatic carbocycles. The van der Waals surface area contributed by atoms with Gasteiger partial charge in [0.2, 0.25) is 11.8 Å². The number of hydrogen-bond donors (Lipinski definition) is 0. The largest absolute Gasteiger partial charge is 0.342 e. The van der Waals surface area contributed by atoms with Gasteiger partial charge in [0.05, 0.1) is 12.0 Å². The number of amides is 2. The molecule has 1 aromatic rings. The lowest BCUT2D eigenvalue weighted by Crippen LogP contribution is -2.48. The molecule has 2 aliphatic heterocycles. The summed E-state index contributed by atoms with van der Waals surface area (Å²) in [6.07, 6.45) is 9.83. The van der Waals surface area contributed by atoms with E-state index in [1.165, 1.54) is 12.0 Å². The molecule has 3 heterocycles. The molecule has 0 radical (unpaired) electrons. The Labute approximate surface area is 156 Å². The second kappa shape index (κ2) is 8.65. The smallest absolute Gasteiger partial charge is 0.227 e. The number of piperidine rings is 1. The van der Waals surface area contributed by atoms with Crippen LogP contribution >= 0.6 is 0 Å². The third-order valence-electron chi connectivity index (χ3n) is 5.70. The highest BCUT2D eigenvalue weighted by molar-refractivity contribution is 5.82. The van der Waals surface area contributed by atoms with Crippen LogP contribution < -0.4 is 0 Å². The summed E-state index contributed by atoms with van der Waals surface area (Å²) < 4.78 is 0. The van der Waals surface area contributed by atoms with Crippen LogP contribution in [0.2, 0.25) is 0 Å². The molecule has 0 N–H and O–H groups in total. The van der Waals surface area contributed by atoms with E-state index in [0.717, 1.165) is 45.2 Å². The lowest BCUT2D eigenvalue weighted by atomic mass is 9.93. The summed E-state index contributed by atoms with van der Waals surface area (Å²) in [6.45, 7) is 6.05. The fourth-order valence-corrected chi connectivity index (χ4v) is 4.28. The number of likely N-dealkylation sites (tertiary alicyclic amines) is 2. The molecule has 2 amide bonds. The van der Waals surface area contributed by atoms with E-state index in [1.54, 1.807) is 0 Å². The van der Waals surface area contributed by atoms with Gasteiger partial charge in [0.25, 0.3) is 0 Å². The Hall–Kier alpha value is -1.91. The average Bonchev–Trinajstić information content (AvgIpc) is 2.93. The number of nitrogens with zero attached hydrogens (tertiary/aromatic N) is 3. The Bertz CT molecular complexity index is 617. The van der Waals surface area contributed by atoms with Crippen molar-refractivity contribution in [3.05, 3.63) is 30.1 Å². The van der Waals surface area contributed by atoms with Crippen molar-refractivity contribution in [3.63, 3.8) is 0 Å². The van der Waals surface area contributed by atoms with Crippen LogP contribution in [0, 0.1) is 11.8 Å². The molecule has 0 aromatic carbocycles. The topological polar surface area (TPSA) is 53.5 Å². The van der Waals surface area contributed by atoms with E-state index in [9.17, 15) is 9.59 Å². The molecule has 0 bridgehead atoms. The third kappa shape index (κ3) is 4.25. The second-order valence-electron chi connectivity index (χ2n) is 7.96. The van der Waals surface area contributed by atoms with Crippen molar-refractivity contribution in [2.45, 2.75) is 58.4 Å². The molecule has 142 valence electrons. The Morgan fingerprint density at radius 1 is 1.04 bits per heavy atom. The molecule has 0 unspecified atom stereocenters. The van der Waals surface area contributed by atoms with Crippen LogP contribution in [0.5, 0.6) is 0 Å². The summed E-state index contributed by atoms with van der Waals surface area (Å²) >= 11 is 0. The Morgan fingerprint density at radius 3 is 2.54 bits per heavy atom. The van der Waals surface area contributed by atoms with Gasteiger partial charge in [0.15, 0.2) is 0 Å². The van der Waals surface area contributed by atoms with Crippen LogP contribution in [-0.4, -0.2) is 46.2 Å². The molecular weight excluding hydrogens is 326 g/mol. The predicted molar refractivity (Wildman–Crippen MR) is 101 cm³/mol. The van der Waals surface area contributed by atoms with E-state index in [-0.39, 0.29) is 29.7 Å². The van der Waals surface area contributed by atoms with Crippen LogP contribution in [0.25, 0.3) is 0 Å². The minimum Gasteiger partial charge on any atom is -0.342 e. The highest BCUT2D eigenvalue weighted by atomic mass is 16.2. The third-order valence-corrected chi connectivity index (χ3v) is 5.70. The number of aromatic nitrogens is 1. The van der Waals surface area contributed by atoms with Gasteiger partial charge in [-0.1, -0.05) is 26.7 Å². The van der Waals surface area contributed by atoms with E-state index in [4.69, 9.17) is 0 Å². The molecule has 0 saturated carbocycles. The molecule has 2 saturated heterocycles. The molecule has 0 spiro atoms. The van der Waals surface area contributed by atoms with Gasteiger partial charge >= 0.3 is 0 Å². The summed E-state index contributed by atoms with van der Waals surface area (Å²) in [7, 11) is 0. The first kappa shape index (κ1) is 18.9. The minimum atomic E-state index is -0.0612. The first-order valence-electron chi connectivity index (χ1n) is 10.1. The zero-order valence-corrected chi connectivity index (χ0v) is 16.1. The quantitative estimate of drug-likeness (QED) is 0.833. The van der Waals surface area contributed by atoms with Gasteiger partial charge < -0.3 is 9.80 Å². The zero-order valence-electron chi connectivity index (χ0n) is 16.1. The SMILES string of the molecule is CC(C)C(=O)N1CCC[C@@H](C(=O)N2CCCCC[C@@H]2c2ccncc2)C1. The minimum absolute atomic E-state index is 0.00777. The van der Waals surface area contributed by atoms with E-state index in [1.807, 2.05) is 43.3 Å².